The fourth-order valence-electron chi connectivity index (χ4n) is 2.15. The van der Waals surface area contributed by atoms with Crippen LogP contribution in [0.3, 0.4) is 0 Å². The number of nitrogens with zero attached hydrogens (tertiary/aromatic N) is 2. The number of fused-ring (bicyclic) bond motifs is 1. The third-order valence-electron chi connectivity index (χ3n) is 2.93. The van der Waals surface area contributed by atoms with E-state index in [1.807, 2.05) is 18.3 Å². The van der Waals surface area contributed by atoms with Gasteiger partial charge in [0.2, 0.25) is 0 Å². The summed E-state index contributed by atoms with van der Waals surface area (Å²) < 4.78 is 7.87. The van der Waals surface area contributed by atoms with Gasteiger partial charge in [-0.15, -0.1) is 0 Å². The van der Waals surface area contributed by atoms with Crippen molar-refractivity contribution < 1.29 is 4.74 Å². The summed E-state index contributed by atoms with van der Waals surface area (Å²) in [5.41, 5.74) is 1.14. The van der Waals surface area contributed by atoms with Crippen molar-refractivity contribution in [1.29, 1.82) is 0 Å². The predicted octanol–water partition coefficient (Wildman–Crippen LogP) is 2.58. The maximum absolute atomic E-state index is 5.75. The van der Waals surface area contributed by atoms with E-state index in [4.69, 9.17) is 4.74 Å². The van der Waals surface area contributed by atoms with E-state index in [-0.39, 0.29) is 6.10 Å². The Labute approximate surface area is 88.7 Å². The molecule has 0 N–H and O–H groups in total. The van der Waals surface area contributed by atoms with Crippen LogP contribution in [0.2, 0.25) is 0 Å². The number of aromatic nitrogens is 2. The van der Waals surface area contributed by atoms with Crippen LogP contribution in [0.15, 0.2) is 30.6 Å². The van der Waals surface area contributed by atoms with Crippen molar-refractivity contribution in [3.63, 3.8) is 0 Å². The van der Waals surface area contributed by atoms with Crippen LogP contribution in [-0.4, -0.2) is 16.0 Å². The van der Waals surface area contributed by atoms with E-state index in [0.717, 1.165) is 24.4 Å². The Bertz CT molecular complexity index is 457. The summed E-state index contributed by atoms with van der Waals surface area (Å²) in [6.45, 7) is 0.867. The highest BCUT2D eigenvalue weighted by Gasteiger charge is 2.19. The normalized spacial score (nSPS) is 22.0. The van der Waals surface area contributed by atoms with Crippen LogP contribution in [0.1, 0.15) is 31.2 Å². The van der Waals surface area contributed by atoms with Crippen molar-refractivity contribution in [1.82, 2.24) is 9.38 Å². The fourth-order valence-corrected chi connectivity index (χ4v) is 2.15. The molecule has 2 aromatic rings. The number of rotatable bonds is 1. The first-order valence-corrected chi connectivity index (χ1v) is 5.49. The Hall–Kier alpha value is -1.35. The van der Waals surface area contributed by atoms with Crippen LogP contribution in [0, 0.1) is 0 Å². The Morgan fingerprint density at radius 1 is 1.33 bits per heavy atom. The summed E-state index contributed by atoms with van der Waals surface area (Å²) in [6, 6.07) is 6.13. The highest BCUT2D eigenvalue weighted by Crippen LogP contribution is 2.27. The number of pyridine rings is 1. The summed E-state index contributed by atoms with van der Waals surface area (Å²) >= 11 is 0. The van der Waals surface area contributed by atoms with Gasteiger partial charge in [-0.1, -0.05) is 6.07 Å². The molecule has 1 unspecified atom stereocenters. The molecular weight excluding hydrogens is 188 g/mol. The third-order valence-corrected chi connectivity index (χ3v) is 2.93. The first kappa shape index (κ1) is 8.92. The molecule has 0 amide bonds. The van der Waals surface area contributed by atoms with Crippen LogP contribution in [0.5, 0.6) is 0 Å². The minimum absolute atomic E-state index is 0.184. The van der Waals surface area contributed by atoms with Gasteiger partial charge in [0, 0.05) is 12.8 Å². The topological polar surface area (TPSA) is 26.5 Å². The summed E-state index contributed by atoms with van der Waals surface area (Å²) in [5, 5.41) is 0. The van der Waals surface area contributed by atoms with Gasteiger partial charge in [-0.2, -0.15) is 0 Å². The number of ether oxygens (including phenoxy) is 1. The Kier molecular flexibility index (Phi) is 2.18. The molecule has 0 spiro atoms. The lowest BCUT2D eigenvalue weighted by Gasteiger charge is -2.21. The molecule has 0 aromatic carbocycles. The molecule has 78 valence electrons. The predicted molar refractivity (Wildman–Crippen MR) is 57.7 cm³/mol. The highest BCUT2D eigenvalue weighted by molar-refractivity contribution is 5.45. The van der Waals surface area contributed by atoms with E-state index in [2.05, 4.69) is 21.6 Å². The largest absolute Gasteiger partial charge is 0.370 e. The zero-order valence-electron chi connectivity index (χ0n) is 8.60. The second-order valence-electron chi connectivity index (χ2n) is 3.97. The molecule has 3 heteroatoms. The van der Waals surface area contributed by atoms with Crippen LogP contribution in [0.4, 0.5) is 0 Å². The van der Waals surface area contributed by atoms with Gasteiger partial charge in [-0.3, -0.25) is 0 Å². The molecule has 3 rings (SSSR count). The molecule has 1 saturated heterocycles. The fraction of sp³-hybridized carbons (Fsp3) is 0.417. The summed E-state index contributed by atoms with van der Waals surface area (Å²) in [4.78, 5) is 4.46. The molecule has 3 heterocycles. The third kappa shape index (κ3) is 1.53. The Morgan fingerprint density at radius 3 is 3.20 bits per heavy atom. The SMILES string of the molecule is c1ccn2c(C3CCCCO3)ncc2c1. The second kappa shape index (κ2) is 3.66. The van der Waals surface area contributed by atoms with E-state index < -0.39 is 0 Å². The molecule has 0 aliphatic carbocycles. The monoisotopic (exact) mass is 202 g/mol. The minimum atomic E-state index is 0.184. The van der Waals surface area contributed by atoms with Crippen LogP contribution >= 0.6 is 0 Å². The van der Waals surface area contributed by atoms with Gasteiger partial charge in [0.05, 0.1) is 11.7 Å². The molecule has 15 heavy (non-hydrogen) atoms. The average molecular weight is 202 g/mol. The zero-order valence-corrected chi connectivity index (χ0v) is 8.60. The number of imidazole rings is 1. The molecule has 0 radical (unpaired) electrons. The van der Waals surface area contributed by atoms with Crippen molar-refractivity contribution in [2.24, 2.45) is 0 Å². The summed E-state index contributed by atoms with van der Waals surface area (Å²) in [6.07, 6.45) is 7.66. The van der Waals surface area contributed by atoms with E-state index in [1.54, 1.807) is 0 Å². The van der Waals surface area contributed by atoms with Gasteiger partial charge >= 0.3 is 0 Å². The molecular formula is C12H14N2O. The summed E-state index contributed by atoms with van der Waals surface area (Å²) in [5.74, 6) is 1.05. The lowest BCUT2D eigenvalue weighted by Crippen LogP contribution is -2.14. The van der Waals surface area contributed by atoms with Crippen LogP contribution in [-0.2, 0) is 4.74 Å². The maximum Gasteiger partial charge on any atom is 0.142 e. The number of hydrogen-bond donors (Lipinski definition) is 0. The molecule has 3 nitrogen and oxygen atoms in total. The molecule has 0 saturated carbocycles. The zero-order chi connectivity index (χ0) is 10.1. The quantitative estimate of drug-likeness (QED) is 0.710. The molecule has 1 atom stereocenters. The molecule has 1 fully saturated rings. The van der Waals surface area contributed by atoms with Crippen molar-refractivity contribution >= 4 is 5.52 Å². The molecule has 1 aliphatic rings. The molecule has 2 aromatic heterocycles. The van der Waals surface area contributed by atoms with Crippen LogP contribution in [0.25, 0.3) is 5.52 Å². The smallest absolute Gasteiger partial charge is 0.142 e. The van der Waals surface area contributed by atoms with E-state index in [0.29, 0.717) is 0 Å². The van der Waals surface area contributed by atoms with E-state index in [1.165, 1.54) is 12.8 Å². The van der Waals surface area contributed by atoms with Crippen molar-refractivity contribution in [2.75, 3.05) is 6.61 Å². The van der Waals surface area contributed by atoms with Gasteiger partial charge in [0.15, 0.2) is 0 Å². The van der Waals surface area contributed by atoms with Crippen LogP contribution < -0.4 is 0 Å². The van der Waals surface area contributed by atoms with E-state index >= 15 is 0 Å². The van der Waals surface area contributed by atoms with Gasteiger partial charge in [0.1, 0.15) is 11.9 Å². The standard InChI is InChI=1S/C12H14N2O/c1-3-7-14-10(5-1)9-13-12(14)11-6-2-4-8-15-11/h1,3,5,7,9,11H,2,4,6,8H2. The molecule has 1 aliphatic heterocycles. The van der Waals surface area contributed by atoms with Gasteiger partial charge in [-0.05, 0) is 31.4 Å². The molecule has 0 bridgehead atoms. The van der Waals surface area contributed by atoms with Crippen molar-refractivity contribution in [3.8, 4) is 0 Å². The number of hydrogen-bond acceptors (Lipinski definition) is 2. The lowest BCUT2D eigenvalue weighted by atomic mass is 10.1. The van der Waals surface area contributed by atoms with Gasteiger partial charge < -0.3 is 9.14 Å². The first-order chi connectivity index (χ1) is 7.45. The first-order valence-electron chi connectivity index (χ1n) is 5.49. The maximum atomic E-state index is 5.75. The van der Waals surface area contributed by atoms with E-state index in [9.17, 15) is 0 Å². The van der Waals surface area contributed by atoms with Crippen molar-refractivity contribution in [2.45, 2.75) is 25.4 Å². The van der Waals surface area contributed by atoms with Gasteiger partial charge in [0.25, 0.3) is 0 Å². The Balaban J connectivity index is 2.02. The van der Waals surface area contributed by atoms with Gasteiger partial charge in [-0.25, -0.2) is 4.98 Å². The minimum Gasteiger partial charge on any atom is -0.370 e. The Morgan fingerprint density at radius 2 is 2.33 bits per heavy atom. The second-order valence-corrected chi connectivity index (χ2v) is 3.97. The highest BCUT2D eigenvalue weighted by atomic mass is 16.5. The average Bonchev–Trinajstić information content (AvgIpc) is 2.74. The lowest BCUT2D eigenvalue weighted by molar-refractivity contribution is 0.00916. The van der Waals surface area contributed by atoms with Crippen molar-refractivity contribution in [3.05, 3.63) is 36.4 Å². The summed E-state index contributed by atoms with van der Waals surface area (Å²) in [7, 11) is 0.